The van der Waals surface area contributed by atoms with Gasteiger partial charge in [-0.1, -0.05) is 19.1 Å². The van der Waals surface area contributed by atoms with Gasteiger partial charge in [-0.3, -0.25) is 0 Å². The van der Waals surface area contributed by atoms with Crippen LogP contribution in [0.4, 0.5) is 13.2 Å². The Morgan fingerprint density at radius 3 is 2.42 bits per heavy atom. The SMILES string of the molecule is CCOC(=O)/C=C/c1cc(-c2ccc(C(F)(F)F)cc2)oc1CC. The predicted octanol–water partition coefficient (Wildman–Crippen LogP) is 5.10. The first-order valence-electron chi connectivity index (χ1n) is 7.50. The van der Waals surface area contributed by atoms with Gasteiger partial charge in [0.05, 0.1) is 12.2 Å². The lowest BCUT2D eigenvalue weighted by Crippen LogP contribution is -2.03. The van der Waals surface area contributed by atoms with Crippen LogP contribution in [0.2, 0.25) is 0 Å². The zero-order chi connectivity index (χ0) is 17.7. The summed E-state index contributed by atoms with van der Waals surface area (Å²) in [5.74, 6) is 0.631. The number of rotatable bonds is 5. The first-order chi connectivity index (χ1) is 11.3. The topological polar surface area (TPSA) is 39.4 Å². The molecule has 24 heavy (non-hydrogen) atoms. The van der Waals surface area contributed by atoms with Gasteiger partial charge in [0.25, 0.3) is 0 Å². The van der Waals surface area contributed by atoms with Gasteiger partial charge in [0.1, 0.15) is 11.5 Å². The highest BCUT2D eigenvalue weighted by molar-refractivity contribution is 5.87. The molecule has 0 atom stereocenters. The minimum atomic E-state index is -4.37. The number of halogens is 3. The summed E-state index contributed by atoms with van der Waals surface area (Å²) in [5.41, 5.74) is 0.518. The summed E-state index contributed by atoms with van der Waals surface area (Å²) in [4.78, 5) is 11.4. The summed E-state index contributed by atoms with van der Waals surface area (Å²) in [7, 11) is 0. The number of benzene rings is 1. The number of carbonyl (C=O) groups is 1. The van der Waals surface area contributed by atoms with E-state index in [4.69, 9.17) is 9.15 Å². The predicted molar refractivity (Wildman–Crippen MR) is 84.2 cm³/mol. The molecule has 1 aromatic heterocycles. The second kappa shape index (κ2) is 7.38. The van der Waals surface area contributed by atoms with Gasteiger partial charge in [-0.25, -0.2) is 4.79 Å². The molecule has 0 radical (unpaired) electrons. The van der Waals surface area contributed by atoms with Crippen LogP contribution in [-0.4, -0.2) is 12.6 Å². The third-order valence-electron chi connectivity index (χ3n) is 3.35. The number of aryl methyl sites for hydroxylation is 1. The van der Waals surface area contributed by atoms with Gasteiger partial charge in [0.2, 0.25) is 0 Å². The summed E-state index contributed by atoms with van der Waals surface area (Å²) >= 11 is 0. The first-order valence-corrected chi connectivity index (χ1v) is 7.50. The zero-order valence-corrected chi connectivity index (χ0v) is 13.3. The Labute approximate surface area is 137 Å². The number of alkyl halides is 3. The van der Waals surface area contributed by atoms with E-state index < -0.39 is 17.7 Å². The van der Waals surface area contributed by atoms with E-state index in [9.17, 15) is 18.0 Å². The fourth-order valence-electron chi connectivity index (χ4n) is 2.17. The minimum Gasteiger partial charge on any atom is -0.463 e. The molecule has 0 aliphatic rings. The third kappa shape index (κ3) is 4.28. The zero-order valence-electron chi connectivity index (χ0n) is 13.3. The van der Waals surface area contributed by atoms with E-state index in [1.165, 1.54) is 18.2 Å². The summed E-state index contributed by atoms with van der Waals surface area (Å²) in [6.07, 6.45) is -0.912. The van der Waals surface area contributed by atoms with Gasteiger partial charge in [-0.05, 0) is 31.2 Å². The van der Waals surface area contributed by atoms with Crippen molar-refractivity contribution in [2.45, 2.75) is 26.4 Å². The molecule has 0 N–H and O–H groups in total. The Hall–Kier alpha value is -2.50. The van der Waals surface area contributed by atoms with Crippen molar-refractivity contribution >= 4 is 12.0 Å². The summed E-state index contributed by atoms with van der Waals surface area (Å²) in [6.45, 7) is 3.88. The van der Waals surface area contributed by atoms with Gasteiger partial charge < -0.3 is 9.15 Å². The maximum Gasteiger partial charge on any atom is 0.416 e. The molecule has 0 saturated heterocycles. The number of esters is 1. The van der Waals surface area contributed by atoms with Crippen molar-refractivity contribution in [2.75, 3.05) is 6.61 Å². The lowest BCUT2D eigenvalue weighted by atomic mass is 10.1. The van der Waals surface area contributed by atoms with E-state index in [0.717, 1.165) is 12.1 Å². The van der Waals surface area contributed by atoms with Crippen LogP contribution in [-0.2, 0) is 22.1 Å². The molecule has 3 nitrogen and oxygen atoms in total. The Morgan fingerprint density at radius 2 is 1.88 bits per heavy atom. The molecule has 0 bridgehead atoms. The Morgan fingerprint density at radius 1 is 1.21 bits per heavy atom. The first kappa shape index (κ1) is 17.8. The summed E-state index contributed by atoms with van der Waals surface area (Å²) in [6, 6.07) is 6.44. The fraction of sp³-hybridized carbons (Fsp3) is 0.278. The number of furan rings is 1. The van der Waals surface area contributed by atoms with Crippen LogP contribution in [0.5, 0.6) is 0 Å². The van der Waals surface area contributed by atoms with Crippen molar-refractivity contribution in [3.05, 3.63) is 53.3 Å². The third-order valence-corrected chi connectivity index (χ3v) is 3.35. The molecular weight excluding hydrogens is 321 g/mol. The van der Waals surface area contributed by atoms with E-state index in [1.54, 1.807) is 19.1 Å². The number of ether oxygens (including phenoxy) is 1. The molecule has 2 rings (SSSR count). The molecule has 0 saturated carbocycles. The smallest absolute Gasteiger partial charge is 0.416 e. The molecule has 0 aliphatic carbocycles. The van der Waals surface area contributed by atoms with E-state index >= 15 is 0 Å². The number of hydrogen-bond donors (Lipinski definition) is 0. The van der Waals surface area contributed by atoms with Gasteiger partial charge >= 0.3 is 12.1 Å². The van der Waals surface area contributed by atoms with Gasteiger partial charge in [-0.2, -0.15) is 13.2 Å². The molecule has 0 aliphatic heterocycles. The Kier molecular flexibility index (Phi) is 5.49. The van der Waals surface area contributed by atoms with Gasteiger partial charge in [-0.15, -0.1) is 0 Å². The van der Waals surface area contributed by atoms with E-state index in [1.807, 2.05) is 6.92 Å². The normalized spacial score (nSPS) is 11.9. The molecular formula is C18H17F3O3. The van der Waals surface area contributed by atoms with E-state index in [-0.39, 0.29) is 6.61 Å². The highest BCUT2D eigenvalue weighted by Crippen LogP contribution is 2.32. The molecule has 0 amide bonds. The Bertz CT molecular complexity index is 725. The molecule has 2 aromatic rings. The van der Waals surface area contributed by atoms with Crippen molar-refractivity contribution in [2.24, 2.45) is 0 Å². The lowest BCUT2D eigenvalue weighted by molar-refractivity contribution is -0.138. The highest BCUT2D eigenvalue weighted by atomic mass is 19.4. The summed E-state index contributed by atoms with van der Waals surface area (Å²) in [5, 5.41) is 0. The van der Waals surface area contributed by atoms with Crippen LogP contribution >= 0.6 is 0 Å². The van der Waals surface area contributed by atoms with Crippen molar-refractivity contribution in [1.82, 2.24) is 0 Å². The number of hydrogen-bond acceptors (Lipinski definition) is 3. The van der Waals surface area contributed by atoms with Crippen molar-refractivity contribution in [1.29, 1.82) is 0 Å². The van der Waals surface area contributed by atoms with Crippen molar-refractivity contribution in [3.8, 4) is 11.3 Å². The highest BCUT2D eigenvalue weighted by Gasteiger charge is 2.30. The van der Waals surface area contributed by atoms with E-state index in [2.05, 4.69) is 0 Å². The minimum absolute atomic E-state index is 0.284. The molecule has 0 spiro atoms. The van der Waals surface area contributed by atoms with Gasteiger partial charge in [0, 0.05) is 23.6 Å². The molecule has 0 unspecified atom stereocenters. The lowest BCUT2D eigenvalue weighted by Gasteiger charge is -2.06. The average Bonchev–Trinajstić information content (AvgIpc) is 2.96. The maximum atomic E-state index is 12.6. The maximum absolute atomic E-state index is 12.6. The van der Waals surface area contributed by atoms with Crippen LogP contribution < -0.4 is 0 Å². The van der Waals surface area contributed by atoms with E-state index in [0.29, 0.717) is 29.1 Å². The standard InChI is InChI=1S/C18H17F3O3/c1-3-15-13(7-10-17(22)23-4-2)11-16(24-15)12-5-8-14(9-6-12)18(19,20)21/h5-11H,3-4H2,1-2H3/b10-7+. The van der Waals surface area contributed by atoms with Crippen molar-refractivity contribution in [3.63, 3.8) is 0 Å². The van der Waals surface area contributed by atoms with Crippen LogP contribution in [0, 0.1) is 0 Å². The van der Waals surface area contributed by atoms with Gasteiger partial charge in [0.15, 0.2) is 0 Å². The average molecular weight is 338 g/mol. The van der Waals surface area contributed by atoms with Crippen molar-refractivity contribution < 1.29 is 27.1 Å². The molecule has 0 fully saturated rings. The molecule has 1 aromatic carbocycles. The second-order valence-electron chi connectivity index (χ2n) is 5.00. The van der Waals surface area contributed by atoms with Crippen LogP contribution in [0.3, 0.4) is 0 Å². The monoisotopic (exact) mass is 338 g/mol. The van der Waals surface area contributed by atoms with Crippen LogP contribution in [0.15, 0.2) is 40.8 Å². The molecule has 6 heteroatoms. The molecule has 1 heterocycles. The summed E-state index contributed by atoms with van der Waals surface area (Å²) < 4.78 is 48.3. The Balaban J connectivity index is 2.27. The fourth-order valence-corrected chi connectivity index (χ4v) is 2.17. The van der Waals surface area contributed by atoms with Crippen LogP contribution in [0.1, 0.15) is 30.7 Å². The van der Waals surface area contributed by atoms with Crippen LogP contribution in [0.25, 0.3) is 17.4 Å². The second-order valence-corrected chi connectivity index (χ2v) is 5.00. The largest absolute Gasteiger partial charge is 0.463 e. The molecule has 128 valence electrons. The number of carbonyl (C=O) groups excluding carboxylic acids is 1. The quantitative estimate of drug-likeness (QED) is 0.562.